The van der Waals surface area contributed by atoms with Gasteiger partial charge in [-0.2, -0.15) is 0 Å². The number of rotatable bonds is 3. The first kappa shape index (κ1) is 11.4. The lowest BCUT2D eigenvalue weighted by Gasteiger charge is -2.45. The van der Waals surface area contributed by atoms with Gasteiger partial charge in [0, 0.05) is 13.1 Å². The van der Waals surface area contributed by atoms with Gasteiger partial charge < -0.3 is 10.2 Å². The highest BCUT2D eigenvalue weighted by atomic mass is 15.1. The highest BCUT2D eigenvalue weighted by Gasteiger charge is 2.35. The van der Waals surface area contributed by atoms with Crippen LogP contribution in [0.4, 0.5) is 0 Å². The first-order valence-electron chi connectivity index (χ1n) is 6.78. The van der Waals surface area contributed by atoms with Gasteiger partial charge in [0.05, 0.1) is 0 Å². The summed E-state index contributed by atoms with van der Waals surface area (Å²) in [6, 6.07) is 0. The SMILES string of the molecule is CCCCN1CCCC2(CCCNC2)C1. The molecular formula is C13H26N2. The van der Waals surface area contributed by atoms with Crippen molar-refractivity contribution in [3.8, 4) is 0 Å². The Bertz CT molecular complexity index is 179. The molecule has 2 rings (SSSR count). The third-order valence-electron chi connectivity index (χ3n) is 4.13. The molecule has 2 aliphatic rings. The summed E-state index contributed by atoms with van der Waals surface area (Å²) in [7, 11) is 0. The van der Waals surface area contributed by atoms with Gasteiger partial charge in [-0.1, -0.05) is 13.3 Å². The number of likely N-dealkylation sites (tertiary alicyclic amines) is 1. The molecule has 0 aromatic rings. The van der Waals surface area contributed by atoms with Crippen molar-refractivity contribution in [2.45, 2.75) is 45.4 Å². The maximum absolute atomic E-state index is 3.60. The molecule has 2 saturated heterocycles. The normalized spacial score (nSPS) is 33.4. The van der Waals surface area contributed by atoms with Crippen molar-refractivity contribution in [1.29, 1.82) is 0 Å². The third kappa shape index (κ3) is 2.94. The van der Waals surface area contributed by atoms with Crippen molar-refractivity contribution < 1.29 is 0 Å². The minimum atomic E-state index is 0.643. The molecule has 1 unspecified atom stereocenters. The Hall–Kier alpha value is -0.0800. The van der Waals surface area contributed by atoms with Crippen molar-refractivity contribution in [3.05, 3.63) is 0 Å². The molecular weight excluding hydrogens is 184 g/mol. The van der Waals surface area contributed by atoms with Crippen molar-refractivity contribution in [1.82, 2.24) is 10.2 Å². The molecule has 1 atom stereocenters. The van der Waals surface area contributed by atoms with Crippen molar-refractivity contribution >= 4 is 0 Å². The van der Waals surface area contributed by atoms with Crippen LogP contribution < -0.4 is 5.32 Å². The van der Waals surface area contributed by atoms with Crippen LogP contribution in [-0.2, 0) is 0 Å². The van der Waals surface area contributed by atoms with Crippen LogP contribution in [0.5, 0.6) is 0 Å². The van der Waals surface area contributed by atoms with Crippen LogP contribution in [0.25, 0.3) is 0 Å². The van der Waals surface area contributed by atoms with E-state index in [4.69, 9.17) is 0 Å². The lowest BCUT2D eigenvalue weighted by molar-refractivity contribution is 0.0639. The maximum Gasteiger partial charge on any atom is 0.00502 e. The average Bonchev–Trinajstić information content (AvgIpc) is 2.28. The molecule has 2 aliphatic heterocycles. The Morgan fingerprint density at radius 2 is 2.13 bits per heavy atom. The van der Waals surface area contributed by atoms with Crippen LogP contribution in [0.2, 0.25) is 0 Å². The Labute approximate surface area is 94.4 Å². The maximum atomic E-state index is 3.60. The van der Waals surface area contributed by atoms with Crippen molar-refractivity contribution in [3.63, 3.8) is 0 Å². The fraction of sp³-hybridized carbons (Fsp3) is 1.00. The number of nitrogens with zero attached hydrogens (tertiary/aromatic N) is 1. The van der Waals surface area contributed by atoms with E-state index >= 15 is 0 Å². The zero-order valence-corrected chi connectivity index (χ0v) is 10.2. The van der Waals surface area contributed by atoms with E-state index in [0.29, 0.717) is 5.41 Å². The number of unbranched alkanes of at least 4 members (excludes halogenated alkanes) is 1. The zero-order chi connectivity index (χ0) is 10.6. The lowest BCUT2D eigenvalue weighted by atomic mass is 9.74. The number of hydrogen-bond donors (Lipinski definition) is 1. The van der Waals surface area contributed by atoms with Gasteiger partial charge in [0.15, 0.2) is 0 Å². The van der Waals surface area contributed by atoms with E-state index in [-0.39, 0.29) is 0 Å². The van der Waals surface area contributed by atoms with Gasteiger partial charge in [0.2, 0.25) is 0 Å². The Kier molecular flexibility index (Phi) is 4.04. The summed E-state index contributed by atoms with van der Waals surface area (Å²) in [5.74, 6) is 0. The first-order valence-corrected chi connectivity index (χ1v) is 6.78. The van der Waals surface area contributed by atoms with Gasteiger partial charge in [-0.05, 0) is 57.2 Å². The fourth-order valence-electron chi connectivity index (χ4n) is 3.26. The molecule has 15 heavy (non-hydrogen) atoms. The second-order valence-electron chi connectivity index (χ2n) is 5.51. The molecule has 0 aliphatic carbocycles. The third-order valence-corrected chi connectivity index (χ3v) is 4.13. The van der Waals surface area contributed by atoms with E-state index in [9.17, 15) is 0 Å². The number of hydrogen-bond acceptors (Lipinski definition) is 2. The van der Waals surface area contributed by atoms with Crippen LogP contribution in [0.15, 0.2) is 0 Å². The number of piperidine rings is 2. The summed E-state index contributed by atoms with van der Waals surface area (Å²) < 4.78 is 0. The van der Waals surface area contributed by atoms with E-state index in [1.54, 1.807) is 0 Å². The molecule has 0 bridgehead atoms. The van der Waals surface area contributed by atoms with Crippen LogP contribution in [0.3, 0.4) is 0 Å². The van der Waals surface area contributed by atoms with E-state index in [1.807, 2.05) is 0 Å². The Morgan fingerprint density at radius 1 is 1.27 bits per heavy atom. The van der Waals surface area contributed by atoms with Gasteiger partial charge in [0.25, 0.3) is 0 Å². The van der Waals surface area contributed by atoms with Crippen LogP contribution >= 0.6 is 0 Å². The quantitative estimate of drug-likeness (QED) is 0.768. The molecule has 1 N–H and O–H groups in total. The molecule has 0 aromatic carbocycles. The topological polar surface area (TPSA) is 15.3 Å². The van der Waals surface area contributed by atoms with Gasteiger partial charge in [0.1, 0.15) is 0 Å². The standard InChI is InChI=1S/C13H26N2/c1-2-3-9-15-10-5-7-13(12-15)6-4-8-14-11-13/h14H,2-12H2,1H3. The summed E-state index contributed by atoms with van der Waals surface area (Å²) in [5.41, 5.74) is 0.643. The van der Waals surface area contributed by atoms with Crippen molar-refractivity contribution in [2.75, 3.05) is 32.7 Å². The fourth-order valence-corrected chi connectivity index (χ4v) is 3.26. The van der Waals surface area contributed by atoms with Crippen LogP contribution in [0.1, 0.15) is 45.4 Å². The summed E-state index contributed by atoms with van der Waals surface area (Å²) >= 11 is 0. The van der Waals surface area contributed by atoms with Gasteiger partial charge in [-0.25, -0.2) is 0 Å². The van der Waals surface area contributed by atoms with Gasteiger partial charge >= 0.3 is 0 Å². The monoisotopic (exact) mass is 210 g/mol. The lowest BCUT2D eigenvalue weighted by Crippen LogP contribution is -2.51. The second-order valence-corrected chi connectivity index (χ2v) is 5.51. The number of nitrogens with one attached hydrogen (secondary N) is 1. The summed E-state index contributed by atoms with van der Waals surface area (Å²) in [5, 5.41) is 3.60. The molecule has 2 heteroatoms. The molecule has 2 fully saturated rings. The minimum Gasteiger partial charge on any atom is -0.316 e. The first-order chi connectivity index (χ1) is 7.35. The molecule has 1 spiro atoms. The molecule has 0 amide bonds. The van der Waals surface area contributed by atoms with Crippen LogP contribution in [-0.4, -0.2) is 37.6 Å². The smallest absolute Gasteiger partial charge is 0.00502 e. The summed E-state index contributed by atoms with van der Waals surface area (Å²) in [6.07, 6.45) is 8.45. The van der Waals surface area contributed by atoms with Gasteiger partial charge in [-0.3, -0.25) is 0 Å². The highest BCUT2D eigenvalue weighted by molar-refractivity contribution is 4.91. The molecule has 2 heterocycles. The molecule has 0 aromatic heterocycles. The highest BCUT2D eigenvalue weighted by Crippen LogP contribution is 2.35. The predicted molar refractivity (Wildman–Crippen MR) is 65.1 cm³/mol. The van der Waals surface area contributed by atoms with E-state index in [2.05, 4.69) is 17.1 Å². The minimum absolute atomic E-state index is 0.643. The second kappa shape index (κ2) is 5.31. The van der Waals surface area contributed by atoms with E-state index < -0.39 is 0 Å². The zero-order valence-electron chi connectivity index (χ0n) is 10.2. The molecule has 2 nitrogen and oxygen atoms in total. The van der Waals surface area contributed by atoms with Crippen molar-refractivity contribution in [2.24, 2.45) is 5.41 Å². The summed E-state index contributed by atoms with van der Waals surface area (Å²) in [4.78, 5) is 2.71. The Balaban J connectivity index is 1.85. The van der Waals surface area contributed by atoms with Gasteiger partial charge in [-0.15, -0.1) is 0 Å². The van der Waals surface area contributed by atoms with Crippen LogP contribution in [0, 0.1) is 5.41 Å². The van der Waals surface area contributed by atoms with E-state index in [1.165, 1.54) is 71.2 Å². The summed E-state index contributed by atoms with van der Waals surface area (Å²) in [6.45, 7) is 8.86. The Morgan fingerprint density at radius 3 is 2.87 bits per heavy atom. The van der Waals surface area contributed by atoms with E-state index in [0.717, 1.165) is 0 Å². The largest absolute Gasteiger partial charge is 0.316 e. The molecule has 0 radical (unpaired) electrons. The predicted octanol–water partition coefficient (Wildman–Crippen LogP) is 2.25. The molecule has 0 saturated carbocycles. The average molecular weight is 210 g/mol. The molecule has 88 valence electrons.